The largest absolute Gasteiger partial charge is 0.271 e. The molecule has 0 saturated carbocycles. The summed E-state index contributed by atoms with van der Waals surface area (Å²) in [5, 5.41) is 0. The Balaban J connectivity index is 2.79. The van der Waals surface area contributed by atoms with E-state index in [9.17, 15) is 8.78 Å². The molecule has 0 aromatic heterocycles. The first-order valence-corrected chi connectivity index (χ1v) is 5.99. The lowest BCUT2D eigenvalue weighted by Gasteiger charge is -2.20. The third-order valence-electron chi connectivity index (χ3n) is 2.96. The molecule has 0 bridgehead atoms. The number of hydrazine groups is 1. The molecule has 0 aliphatic carbocycles. The number of nitrogens with one attached hydrogen (secondary N) is 1. The highest BCUT2D eigenvalue weighted by Crippen LogP contribution is 2.25. The normalized spacial score (nSPS) is 14.6. The van der Waals surface area contributed by atoms with E-state index in [1.165, 1.54) is 12.1 Å². The zero-order valence-electron chi connectivity index (χ0n) is 10.3. The summed E-state index contributed by atoms with van der Waals surface area (Å²) < 4.78 is 26.4. The van der Waals surface area contributed by atoms with E-state index < -0.39 is 11.6 Å². The van der Waals surface area contributed by atoms with Gasteiger partial charge in [0.15, 0.2) is 0 Å². The Bertz CT molecular complexity index is 355. The fourth-order valence-corrected chi connectivity index (χ4v) is 2.08. The van der Waals surface area contributed by atoms with Gasteiger partial charge < -0.3 is 0 Å². The summed E-state index contributed by atoms with van der Waals surface area (Å²) >= 11 is 0. The van der Waals surface area contributed by atoms with Crippen molar-refractivity contribution in [2.45, 2.75) is 39.2 Å². The summed E-state index contributed by atoms with van der Waals surface area (Å²) in [6.07, 6.45) is 2.90. The standard InChI is InChI=1S/C13H20F2N2/c1-3-4-9(2)7-13(17-16)11-6-5-10(14)8-12(11)15/h5-6,8-9,13,17H,3-4,7,16H2,1-2H3. The molecule has 3 N–H and O–H groups in total. The summed E-state index contributed by atoms with van der Waals surface area (Å²) in [5.41, 5.74) is 3.03. The maximum absolute atomic E-state index is 13.6. The number of hydrogen-bond donors (Lipinski definition) is 2. The van der Waals surface area contributed by atoms with Crippen LogP contribution in [0.3, 0.4) is 0 Å². The molecule has 4 heteroatoms. The number of halogens is 2. The lowest BCUT2D eigenvalue weighted by Crippen LogP contribution is -2.30. The number of hydrogen-bond acceptors (Lipinski definition) is 2. The number of nitrogens with two attached hydrogens (primary N) is 1. The molecule has 2 unspecified atom stereocenters. The van der Waals surface area contributed by atoms with Gasteiger partial charge in [-0.15, -0.1) is 0 Å². The maximum atomic E-state index is 13.6. The van der Waals surface area contributed by atoms with Crippen LogP contribution in [0, 0.1) is 17.6 Å². The summed E-state index contributed by atoms with van der Waals surface area (Å²) in [5.74, 6) is 4.78. The molecule has 0 saturated heterocycles. The Kier molecular flexibility index (Phi) is 5.51. The van der Waals surface area contributed by atoms with E-state index in [1.807, 2.05) is 0 Å². The molecule has 96 valence electrons. The van der Waals surface area contributed by atoms with Gasteiger partial charge in [-0.25, -0.2) is 8.78 Å². The molecule has 17 heavy (non-hydrogen) atoms. The zero-order valence-corrected chi connectivity index (χ0v) is 10.3. The van der Waals surface area contributed by atoms with Gasteiger partial charge in [0, 0.05) is 17.7 Å². The van der Waals surface area contributed by atoms with E-state index in [0.29, 0.717) is 11.5 Å². The minimum absolute atomic E-state index is 0.267. The van der Waals surface area contributed by atoms with Crippen LogP contribution in [0.1, 0.15) is 44.7 Å². The highest BCUT2D eigenvalue weighted by molar-refractivity contribution is 5.22. The maximum Gasteiger partial charge on any atom is 0.130 e. The van der Waals surface area contributed by atoms with Crippen molar-refractivity contribution in [3.63, 3.8) is 0 Å². The number of rotatable bonds is 6. The van der Waals surface area contributed by atoms with E-state index >= 15 is 0 Å². The molecule has 0 amide bonds. The molecule has 0 heterocycles. The second kappa shape index (κ2) is 6.67. The van der Waals surface area contributed by atoms with Crippen molar-refractivity contribution in [3.05, 3.63) is 35.4 Å². The molecule has 0 fully saturated rings. The third kappa shape index (κ3) is 4.06. The molecule has 0 aliphatic rings. The Morgan fingerprint density at radius 3 is 2.59 bits per heavy atom. The predicted octanol–water partition coefficient (Wildman–Crippen LogP) is 3.30. The molecule has 0 spiro atoms. The smallest absolute Gasteiger partial charge is 0.130 e. The molecule has 2 nitrogen and oxygen atoms in total. The van der Waals surface area contributed by atoms with Gasteiger partial charge in [-0.3, -0.25) is 11.3 Å². The summed E-state index contributed by atoms with van der Waals surface area (Å²) in [4.78, 5) is 0. The molecule has 2 atom stereocenters. The lowest BCUT2D eigenvalue weighted by molar-refractivity contribution is 0.384. The van der Waals surface area contributed by atoms with E-state index in [0.717, 1.165) is 25.3 Å². The molecule has 1 aromatic carbocycles. The van der Waals surface area contributed by atoms with Crippen molar-refractivity contribution in [3.8, 4) is 0 Å². The minimum Gasteiger partial charge on any atom is -0.271 e. The van der Waals surface area contributed by atoms with Crippen molar-refractivity contribution < 1.29 is 8.78 Å². The van der Waals surface area contributed by atoms with Crippen LogP contribution in [0.15, 0.2) is 18.2 Å². The van der Waals surface area contributed by atoms with Crippen LogP contribution in [0.5, 0.6) is 0 Å². The average molecular weight is 242 g/mol. The van der Waals surface area contributed by atoms with Gasteiger partial charge in [-0.1, -0.05) is 32.8 Å². The Hall–Kier alpha value is -1.00. The highest BCUT2D eigenvalue weighted by atomic mass is 19.1. The van der Waals surface area contributed by atoms with Crippen LogP contribution in [0.25, 0.3) is 0 Å². The SMILES string of the molecule is CCCC(C)CC(NN)c1ccc(F)cc1F. The fraction of sp³-hybridized carbons (Fsp3) is 0.538. The first kappa shape index (κ1) is 14.1. The summed E-state index contributed by atoms with van der Waals surface area (Å²) in [6.45, 7) is 4.22. The molecule has 1 rings (SSSR count). The first-order chi connectivity index (χ1) is 8.08. The van der Waals surface area contributed by atoms with Crippen molar-refractivity contribution >= 4 is 0 Å². The zero-order chi connectivity index (χ0) is 12.8. The molecular weight excluding hydrogens is 222 g/mol. The first-order valence-electron chi connectivity index (χ1n) is 5.99. The van der Waals surface area contributed by atoms with E-state index in [1.54, 1.807) is 0 Å². The van der Waals surface area contributed by atoms with Gasteiger partial charge in [-0.2, -0.15) is 0 Å². The second-order valence-electron chi connectivity index (χ2n) is 4.51. The van der Waals surface area contributed by atoms with Gasteiger partial charge in [0.1, 0.15) is 11.6 Å². The monoisotopic (exact) mass is 242 g/mol. The third-order valence-corrected chi connectivity index (χ3v) is 2.96. The summed E-state index contributed by atoms with van der Waals surface area (Å²) in [6, 6.07) is 3.34. The van der Waals surface area contributed by atoms with Gasteiger partial charge >= 0.3 is 0 Å². The van der Waals surface area contributed by atoms with Crippen LogP contribution < -0.4 is 11.3 Å². The summed E-state index contributed by atoms with van der Waals surface area (Å²) in [7, 11) is 0. The average Bonchev–Trinajstić information content (AvgIpc) is 2.27. The van der Waals surface area contributed by atoms with E-state index in [-0.39, 0.29) is 6.04 Å². The molecule has 1 aromatic rings. The van der Waals surface area contributed by atoms with Gasteiger partial charge in [0.05, 0.1) is 0 Å². The Labute approximate surface area is 101 Å². The van der Waals surface area contributed by atoms with E-state index in [4.69, 9.17) is 5.84 Å². The Morgan fingerprint density at radius 1 is 1.35 bits per heavy atom. The molecule has 0 radical (unpaired) electrons. The predicted molar refractivity (Wildman–Crippen MR) is 65.1 cm³/mol. The molecular formula is C13H20F2N2. The van der Waals surface area contributed by atoms with Crippen LogP contribution in [0.2, 0.25) is 0 Å². The lowest BCUT2D eigenvalue weighted by atomic mass is 9.93. The van der Waals surface area contributed by atoms with Gasteiger partial charge in [0.25, 0.3) is 0 Å². The Morgan fingerprint density at radius 2 is 2.06 bits per heavy atom. The highest BCUT2D eigenvalue weighted by Gasteiger charge is 2.17. The molecule has 0 aliphatic heterocycles. The van der Waals surface area contributed by atoms with Crippen molar-refractivity contribution in [1.29, 1.82) is 0 Å². The van der Waals surface area contributed by atoms with Crippen LogP contribution in [-0.4, -0.2) is 0 Å². The van der Waals surface area contributed by atoms with Crippen molar-refractivity contribution in [1.82, 2.24) is 5.43 Å². The van der Waals surface area contributed by atoms with E-state index in [2.05, 4.69) is 19.3 Å². The van der Waals surface area contributed by atoms with Crippen molar-refractivity contribution in [2.75, 3.05) is 0 Å². The minimum atomic E-state index is -0.566. The number of benzene rings is 1. The van der Waals surface area contributed by atoms with Gasteiger partial charge in [0.2, 0.25) is 0 Å². The van der Waals surface area contributed by atoms with Crippen LogP contribution in [0.4, 0.5) is 8.78 Å². The van der Waals surface area contributed by atoms with Crippen LogP contribution >= 0.6 is 0 Å². The van der Waals surface area contributed by atoms with Crippen LogP contribution in [-0.2, 0) is 0 Å². The quantitative estimate of drug-likeness (QED) is 0.593. The topological polar surface area (TPSA) is 38.0 Å². The van der Waals surface area contributed by atoms with Gasteiger partial charge in [-0.05, 0) is 18.4 Å². The van der Waals surface area contributed by atoms with Crippen molar-refractivity contribution in [2.24, 2.45) is 11.8 Å². The fourth-order valence-electron chi connectivity index (χ4n) is 2.08. The second-order valence-corrected chi connectivity index (χ2v) is 4.51.